The van der Waals surface area contributed by atoms with Gasteiger partial charge in [0.15, 0.2) is 0 Å². The molecule has 6 nitrogen and oxygen atoms in total. The van der Waals surface area contributed by atoms with Gasteiger partial charge in [-0.1, -0.05) is 29.8 Å². The minimum atomic E-state index is -0.485. The number of pyridine rings is 3. The van der Waals surface area contributed by atoms with Crippen LogP contribution in [-0.4, -0.2) is 27.3 Å². The number of halogens is 2. The number of fused-ring (bicyclic) bond motifs is 1. The van der Waals surface area contributed by atoms with E-state index >= 15 is 0 Å². The molecule has 0 atom stereocenters. The van der Waals surface area contributed by atoms with Crippen molar-refractivity contribution in [2.75, 3.05) is 7.05 Å². The normalized spacial score (nSPS) is 12.3. The molecular formula is C28H26ClFN4O2. The zero-order valence-electron chi connectivity index (χ0n) is 20.5. The molecule has 0 aliphatic heterocycles. The molecule has 0 bridgehead atoms. The number of ether oxygens (including phenoxy) is 1. The van der Waals surface area contributed by atoms with Crippen molar-refractivity contribution in [1.29, 1.82) is 0 Å². The molecule has 184 valence electrons. The lowest BCUT2D eigenvalue weighted by atomic mass is 10.0. The van der Waals surface area contributed by atoms with Crippen molar-refractivity contribution in [1.82, 2.24) is 14.5 Å². The number of aromatic nitrogens is 3. The summed E-state index contributed by atoms with van der Waals surface area (Å²) in [5, 5.41) is 1.42. The SMILES string of the molecule is C/C=C(/Cl)C(=NC)c1cc(C)nc2c(OCc3c(C)ccnc3Cn3cc(F)ccc3=O)cccc12. The molecule has 0 aliphatic rings. The maximum atomic E-state index is 13.7. The van der Waals surface area contributed by atoms with E-state index in [1.165, 1.54) is 16.8 Å². The van der Waals surface area contributed by atoms with E-state index in [4.69, 9.17) is 21.3 Å². The molecule has 0 unspecified atom stereocenters. The van der Waals surface area contributed by atoms with Gasteiger partial charge in [-0.25, -0.2) is 9.37 Å². The number of rotatable bonds is 7. The first-order chi connectivity index (χ1) is 17.3. The van der Waals surface area contributed by atoms with Gasteiger partial charge in [-0.3, -0.25) is 14.8 Å². The largest absolute Gasteiger partial charge is 0.487 e. The summed E-state index contributed by atoms with van der Waals surface area (Å²) in [4.78, 5) is 25.8. The molecular weight excluding hydrogens is 479 g/mol. The van der Waals surface area contributed by atoms with Crippen LogP contribution in [0.1, 0.15) is 35.0 Å². The van der Waals surface area contributed by atoms with E-state index in [2.05, 4.69) is 9.98 Å². The fraction of sp³-hybridized carbons (Fsp3) is 0.214. The fourth-order valence-corrected chi connectivity index (χ4v) is 4.26. The van der Waals surface area contributed by atoms with Crippen molar-refractivity contribution < 1.29 is 9.13 Å². The molecule has 4 rings (SSSR count). The van der Waals surface area contributed by atoms with Gasteiger partial charge in [-0.05, 0) is 50.6 Å². The van der Waals surface area contributed by atoms with Crippen LogP contribution in [0.2, 0.25) is 0 Å². The van der Waals surface area contributed by atoms with Crippen LogP contribution < -0.4 is 10.3 Å². The molecule has 8 heteroatoms. The summed E-state index contributed by atoms with van der Waals surface area (Å²) in [5.41, 5.74) is 5.16. The minimum absolute atomic E-state index is 0.131. The summed E-state index contributed by atoms with van der Waals surface area (Å²) in [5.74, 6) is 0.114. The molecule has 3 heterocycles. The van der Waals surface area contributed by atoms with E-state index in [-0.39, 0.29) is 18.7 Å². The van der Waals surface area contributed by atoms with Gasteiger partial charge in [-0.2, -0.15) is 0 Å². The molecule has 4 aromatic rings. The number of hydrogen-bond acceptors (Lipinski definition) is 5. The Morgan fingerprint density at radius 2 is 2.03 bits per heavy atom. The van der Waals surface area contributed by atoms with Gasteiger partial charge in [0.2, 0.25) is 0 Å². The summed E-state index contributed by atoms with van der Waals surface area (Å²) in [7, 11) is 1.71. The van der Waals surface area contributed by atoms with Crippen LogP contribution in [0.4, 0.5) is 4.39 Å². The molecule has 36 heavy (non-hydrogen) atoms. The first-order valence-electron chi connectivity index (χ1n) is 11.4. The minimum Gasteiger partial charge on any atom is -0.487 e. The first kappa shape index (κ1) is 25.3. The lowest BCUT2D eigenvalue weighted by Crippen LogP contribution is -2.21. The maximum Gasteiger partial charge on any atom is 0.251 e. The molecule has 0 spiro atoms. The fourth-order valence-electron chi connectivity index (χ4n) is 4.07. The van der Waals surface area contributed by atoms with Gasteiger partial charge in [0.1, 0.15) is 23.7 Å². The lowest BCUT2D eigenvalue weighted by Gasteiger charge is -2.16. The van der Waals surface area contributed by atoms with Gasteiger partial charge < -0.3 is 9.30 Å². The smallest absolute Gasteiger partial charge is 0.251 e. The van der Waals surface area contributed by atoms with E-state index in [1.807, 2.05) is 57.2 Å². The third-order valence-corrected chi connectivity index (χ3v) is 6.30. The Bertz CT molecular complexity index is 1560. The molecule has 0 N–H and O–H groups in total. The summed E-state index contributed by atoms with van der Waals surface area (Å²) < 4.78 is 21.3. The molecule has 0 aliphatic carbocycles. The summed E-state index contributed by atoms with van der Waals surface area (Å²) in [6, 6.07) is 11.9. The highest BCUT2D eigenvalue weighted by Gasteiger charge is 2.16. The van der Waals surface area contributed by atoms with Crippen LogP contribution in [-0.2, 0) is 13.2 Å². The first-order valence-corrected chi connectivity index (χ1v) is 11.8. The van der Waals surface area contributed by atoms with Crippen molar-refractivity contribution in [2.24, 2.45) is 4.99 Å². The number of para-hydroxylation sites is 1. The second kappa shape index (κ2) is 10.8. The van der Waals surface area contributed by atoms with Crippen molar-refractivity contribution in [2.45, 2.75) is 33.9 Å². The molecule has 1 aromatic carbocycles. The van der Waals surface area contributed by atoms with E-state index < -0.39 is 5.82 Å². The van der Waals surface area contributed by atoms with Crippen LogP contribution in [0, 0.1) is 19.7 Å². The van der Waals surface area contributed by atoms with Gasteiger partial charge >= 0.3 is 0 Å². The maximum absolute atomic E-state index is 13.7. The highest BCUT2D eigenvalue weighted by atomic mass is 35.5. The molecule has 3 aromatic heterocycles. The topological polar surface area (TPSA) is 69.4 Å². The second-order valence-electron chi connectivity index (χ2n) is 8.33. The quantitative estimate of drug-likeness (QED) is 0.301. The number of aliphatic imine (C=N–C) groups is 1. The molecule has 0 amide bonds. The van der Waals surface area contributed by atoms with Gasteiger partial charge in [0.05, 0.1) is 23.0 Å². The van der Waals surface area contributed by atoms with Crippen molar-refractivity contribution in [3.63, 3.8) is 0 Å². The predicted octanol–water partition coefficient (Wildman–Crippen LogP) is 5.74. The van der Waals surface area contributed by atoms with E-state index in [0.717, 1.165) is 33.8 Å². The van der Waals surface area contributed by atoms with Gasteiger partial charge in [0.25, 0.3) is 5.56 Å². The monoisotopic (exact) mass is 504 g/mol. The Hall–Kier alpha value is -3.84. The Kier molecular flexibility index (Phi) is 7.60. The number of hydrogen-bond donors (Lipinski definition) is 0. The van der Waals surface area contributed by atoms with Crippen LogP contribution in [0.5, 0.6) is 5.75 Å². The molecule has 0 saturated heterocycles. The van der Waals surface area contributed by atoms with Gasteiger partial charge in [0, 0.05) is 47.7 Å². The summed E-state index contributed by atoms with van der Waals surface area (Å²) >= 11 is 6.45. The van der Waals surface area contributed by atoms with Crippen LogP contribution in [0.15, 0.2) is 75.8 Å². The highest BCUT2D eigenvalue weighted by Crippen LogP contribution is 2.30. The van der Waals surface area contributed by atoms with Crippen molar-refractivity contribution in [3.05, 3.63) is 110 Å². The molecule has 0 fully saturated rings. The van der Waals surface area contributed by atoms with Crippen molar-refractivity contribution >= 4 is 28.2 Å². The molecule has 0 radical (unpaired) electrons. The Balaban J connectivity index is 1.72. The average Bonchev–Trinajstić information content (AvgIpc) is 2.86. The number of nitrogens with zero attached hydrogens (tertiary/aromatic N) is 4. The number of allylic oxidation sites excluding steroid dienone is 2. The van der Waals surface area contributed by atoms with Crippen LogP contribution in [0.25, 0.3) is 10.9 Å². The second-order valence-corrected chi connectivity index (χ2v) is 8.73. The van der Waals surface area contributed by atoms with Crippen molar-refractivity contribution in [3.8, 4) is 5.75 Å². The van der Waals surface area contributed by atoms with Gasteiger partial charge in [-0.15, -0.1) is 0 Å². The summed E-state index contributed by atoms with van der Waals surface area (Å²) in [6.45, 7) is 6.06. The molecule has 0 saturated carbocycles. The summed E-state index contributed by atoms with van der Waals surface area (Å²) in [6.07, 6.45) is 4.66. The van der Waals surface area contributed by atoms with Crippen LogP contribution >= 0.6 is 11.6 Å². The van der Waals surface area contributed by atoms with E-state index in [9.17, 15) is 9.18 Å². The zero-order valence-corrected chi connectivity index (χ0v) is 21.3. The third kappa shape index (κ3) is 5.21. The predicted molar refractivity (Wildman–Crippen MR) is 142 cm³/mol. The number of benzene rings is 1. The Labute approximate surface area is 213 Å². The standard InChI is InChI=1S/C28H26ClFN4O2/c1-5-23(29)27(31-4)21-13-18(3)33-28-20(21)7-6-8-25(28)36-16-22-17(2)11-12-32-24(22)15-34-14-19(30)9-10-26(34)35/h5-14H,15-16H2,1-4H3/b23-5+,31-27?. The zero-order chi connectivity index (χ0) is 25.8. The third-order valence-electron chi connectivity index (χ3n) is 5.91. The Morgan fingerprint density at radius 3 is 2.78 bits per heavy atom. The van der Waals surface area contributed by atoms with Crippen LogP contribution in [0.3, 0.4) is 0 Å². The van der Waals surface area contributed by atoms with E-state index in [0.29, 0.717) is 27.7 Å². The lowest BCUT2D eigenvalue weighted by molar-refractivity contribution is 0.306. The average molecular weight is 505 g/mol. The Morgan fingerprint density at radius 1 is 1.22 bits per heavy atom. The number of aryl methyl sites for hydroxylation is 2. The highest BCUT2D eigenvalue weighted by molar-refractivity contribution is 6.47. The van der Waals surface area contributed by atoms with E-state index in [1.54, 1.807) is 13.2 Å².